The van der Waals surface area contributed by atoms with Crippen LogP contribution >= 0.6 is 0 Å². The van der Waals surface area contributed by atoms with Crippen LogP contribution in [0.5, 0.6) is 11.5 Å². The third-order valence-corrected chi connectivity index (χ3v) is 2.40. The molecule has 0 atom stereocenters. The molecule has 6 nitrogen and oxygen atoms in total. The van der Waals surface area contributed by atoms with Gasteiger partial charge in [-0.2, -0.15) is 0 Å². The number of hydrogen-bond donors (Lipinski definition) is 2. The molecule has 0 bridgehead atoms. The minimum absolute atomic E-state index is 0.0581. The van der Waals surface area contributed by atoms with E-state index in [0.717, 1.165) is 7.11 Å². The lowest BCUT2D eigenvalue weighted by atomic mass is 10.0. The molecule has 0 spiro atoms. The molecule has 1 heterocycles. The Labute approximate surface area is 95.0 Å². The van der Waals surface area contributed by atoms with Crippen molar-refractivity contribution in [1.29, 1.82) is 0 Å². The fraction of sp³-hybridized carbons (Fsp3) is 0.0909. The van der Waals surface area contributed by atoms with Crippen LogP contribution in [0.4, 0.5) is 0 Å². The van der Waals surface area contributed by atoms with Crippen LogP contribution in [0.1, 0.15) is 20.7 Å². The summed E-state index contributed by atoms with van der Waals surface area (Å²) in [6, 6.07) is 1.37. The fourth-order valence-corrected chi connectivity index (χ4v) is 1.61. The van der Waals surface area contributed by atoms with E-state index in [0.29, 0.717) is 0 Å². The number of methoxy groups -OCH3 is 1. The standard InChI is InChI=1S/C11H8O6/c1-16-11(15)7-6(4-12)9(14)10-5(8(7)13)2-3-17-10/h2-4,13-14H,1H3. The van der Waals surface area contributed by atoms with Gasteiger partial charge in [0.15, 0.2) is 17.6 Å². The Bertz CT molecular complexity index is 610. The Balaban J connectivity index is 2.93. The number of furan rings is 1. The maximum Gasteiger partial charge on any atom is 0.342 e. The molecular weight excluding hydrogens is 228 g/mol. The number of ether oxygens (including phenoxy) is 1. The van der Waals surface area contributed by atoms with Crippen molar-refractivity contribution in [1.82, 2.24) is 0 Å². The van der Waals surface area contributed by atoms with Gasteiger partial charge in [0.1, 0.15) is 11.3 Å². The highest BCUT2D eigenvalue weighted by Gasteiger charge is 2.25. The van der Waals surface area contributed by atoms with E-state index in [9.17, 15) is 19.8 Å². The molecule has 2 N–H and O–H groups in total. The van der Waals surface area contributed by atoms with Gasteiger partial charge in [0.2, 0.25) is 0 Å². The smallest absolute Gasteiger partial charge is 0.342 e. The van der Waals surface area contributed by atoms with Gasteiger partial charge in [0.05, 0.1) is 24.3 Å². The van der Waals surface area contributed by atoms with Gasteiger partial charge in [-0.05, 0) is 6.07 Å². The molecule has 0 saturated heterocycles. The number of hydrogen-bond acceptors (Lipinski definition) is 6. The predicted octanol–water partition coefficient (Wildman–Crippen LogP) is 1.44. The largest absolute Gasteiger partial charge is 0.506 e. The van der Waals surface area contributed by atoms with E-state index in [2.05, 4.69) is 4.74 Å². The number of esters is 1. The normalized spacial score (nSPS) is 10.4. The van der Waals surface area contributed by atoms with Crippen LogP contribution in [-0.2, 0) is 4.74 Å². The molecule has 17 heavy (non-hydrogen) atoms. The van der Waals surface area contributed by atoms with Crippen LogP contribution in [0.3, 0.4) is 0 Å². The van der Waals surface area contributed by atoms with Crippen molar-refractivity contribution in [2.75, 3.05) is 7.11 Å². The van der Waals surface area contributed by atoms with E-state index in [1.165, 1.54) is 12.3 Å². The summed E-state index contributed by atoms with van der Waals surface area (Å²) in [4.78, 5) is 22.3. The van der Waals surface area contributed by atoms with Crippen molar-refractivity contribution in [3.05, 3.63) is 23.5 Å². The van der Waals surface area contributed by atoms with Crippen LogP contribution in [-0.4, -0.2) is 29.6 Å². The van der Waals surface area contributed by atoms with E-state index >= 15 is 0 Å². The quantitative estimate of drug-likeness (QED) is 0.465. The van der Waals surface area contributed by atoms with Crippen molar-refractivity contribution >= 4 is 23.2 Å². The monoisotopic (exact) mass is 236 g/mol. The zero-order valence-corrected chi connectivity index (χ0v) is 8.76. The number of aromatic hydroxyl groups is 2. The Kier molecular flexibility index (Phi) is 2.47. The first-order valence-corrected chi connectivity index (χ1v) is 4.60. The van der Waals surface area contributed by atoms with E-state index in [1.54, 1.807) is 0 Å². The van der Waals surface area contributed by atoms with Crippen molar-refractivity contribution in [2.24, 2.45) is 0 Å². The number of fused-ring (bicyclic) bond motifs is 1. The van der Waals surface area contributed by atoms with Gasteiger partial charge in [0, 0.05) is 0 Å². The Hall–Kier alpha value is -2.50. The molecule has 0 amide bonds. The molecular formula is C11H8O6. The first kappa shape index (κ1) is 11.0. The number of aldehydes is 1. The maximum atomic E-state index is 11.4. The van der Waals surface area contributed by atoms with E-state index in [1.807, 2.05) is 0 Å². The highest BCUT2D eigenvalue weighted by Crippen LogP contribution is 2.39. The highest BCUT2D eigenvalue weighted by molar-refractivity contribution is 6.09. The maximum absolute atomic E-state index is 11.4. The fourth-order valence-electron chi connectivity index (χ4n) is 1.61. The average molecular weight is 236 g/mol. The lowest BCUT2D eigenvalue weighted by Gasteiger charge is -2.08. The van der Waals surface area contributed by atoms with Gasteiger partial charge in [-0.25, -0.2) is 4.79 Å². The molecule has 2 aromatic rings. The molecule has 0 unspecified atom stereocenters. The molecule has 1 aromatic carbocycles. The van der Waals surface area contributed by atoms with Crippen molar-refractivity contribution in [3.63, 3.8) is 0 Å². The SMILES string of the molecule is COC(=O)c1c(C=O)c(O)c2occc2c1O. The predicted molar refractivity (Wildman–Crippen MR) is 56.3 cm³/mol. The number of phenolic OH excluding ortho intramolecular Hbond substituents is 2. The lowest BCUT2D eigenvalue weighted by molar-refractivity contribution is 0.0594. The molecule has 6 heteroatoms. The summed E-state index contributed by atoms with van der Waals surface area (Å²) in [7, 11) is 1.10. The Morgan fingerprint density at radius 1 is 1.41 bits per heavy atom. The molecule has 2 rings (SSSR count). The second-order valence-electron chi connectivity index (χ2n) is 3.26. The first-order valence-electron chi connectivity index (χ1n) is 4.60. The van der Waals surface area contributed by atoms with Crippen molar-refractivity contribution in [3.8, 4) is 11.5 Å². The second-order valence-corrected chi connectivity index (χ2v) is 3.26. The van der Waals surface area contributed by atoms with Crippen LogP contribution in [0, 0.1) is 0 Å². The summed E-state index contributed by atoms with van der Waals surface area (Å²) in [5.74, 6) is -1.87. The molecule has 0 radical (unpaired) electrons. The van der Waals surface area contributed by atoms with Crippen LogP contribution in [0.15, 0.2) is 16.7 Å². The summed E-state index contributed by atoms with van der Waals surface area (Å²) in [6.45, 7) is 0. The highest BCUT2D eigenvalue weighted by atomic mass is 16.5. The summed E-state index contributed by atoms with van der Waals surface area (Å²) >= 11 is 0. The van der Waals surface area contributed by atoms with Gasteiger partial charge in [-0.15, -0.1) is 0 Å². The van der Waals surface area contributed by atoms with Gasteiger partial charge in [0.25, 0.3) is 0 Å². The summed E-state index contributed by atoms with van der Waals surface area (Å²) in [5.41, 5.74) is -0.803. The third kappa shape index (κ3) is 1.42. The lowest BCUT2D eigenvalue weighted by Crippen LogP contribution is -2.06. The zero-order chi connectivity index (χ0) is 12.6. The molecule has 0 aliphatic heterocycles. The number of rotatable bonds is 2. The van der Waals surface area contributed by atoms with E-state index in [-0.39, 0.29) is 28.4 Å². The molecule has 0 aliphatic rings. The first-order chi connectivity index (χ1) is 8.11. The number of carbonyl (C=O) groups is 2. The number of carbonyl (C=O) groups excluding carboxylic acids is 2. The van der Waals surface area contributed by atoms with Crippen LogP contribution < -0.4 is 0 Å². The van der Waals surface area contributed by atoms with E-state index < -0.39 is 17.5 Å². The summed E-state index contributed by atoms with van der Waals surface area (Å²) in [5, 5.41) is 19.7. The molecule has 1 aromatic heterocycles. The second kappa shape index (κ2) is 3.82. The average Bonchev–Trinajstić information content (AvgIpc) is 2.82. The molecule has 0 saturated carbocycles. The summed E-state index contributed by atoms with van der Waals surface area (Å²) < 4.78 is 9.36. The van der Waals surface area contributed by atoms with E-state index in [4.69, 9.17) is 4.42 Å². The van der Waals surface area contributed by atoms with Crippen molar-refractivity contribution in [2.45, 2.75) is 0 Å². The Morgan fingerprint density at radius 2 is 2.12 bits per heavy atom. The van der Waals surface area contributed by atoms with Crippen LogP contribution in [0.25, 0.3) is 11.0 Å². The van der Waals surface area contributed by atoms with Gasteiger partial charge in [-0.1, -0.05) is 0 Å². The molecule has 88 valence electrons. The number of benzene rings is 1. The van der Waals surface area contributed by atoms with Gasteiger partial charge in [-0.3, -0.25) is 4.79 Å². The third-order valence-electron chi connectivity index (χ3n) is 2.40. The minimum Gasteiger partial charge on any atom is -0.506 e. The zero-order valence-electron chi connectivity index (χ0n) is 8.76. The number of phenols is 2. The molecule has 0 fully saturated rings. The van der Waals surface area contributed by atoms with Gasteiger partial charge >= 0.3 is 5.97 Å². The minimum atomic E-state index is -0.914. The van der Waals surface area contributed by atoms with Crippen molar-refractivity contribution < 1.29 is 29.0 Å². The summed E-state index contributed by atoms with van der Waals surface area (Å²) in [6.07, 6.45) is 1.48. The molecule has 0 aliphatic carbocycles. The van der Waals surface area contributed by atoms with Gasteiger partial charge < -0.3 is 19.4 Å². The topological polar surface area (TPSA) is 97.0 Å². The van der Waals surface area contributed by atoms with Crippen LogP contribution in [0.2, 0.25) is 0 Å². The Morgan fingerprint density at radius 3 is 2.71 bits per heavy atom.